The summed E-state index contributed by atoms with van der Waals surface area (Å²) in [5.41, 5.74) is -7.15. The van der Waals surface area contributed by atoms with Crippen LogP contribution in [-0.4, -0.2) is 105 Å². The maximum atomic E-state index is 15.4. The van der Waals surface area contributed by atoms with E-state index in [4.69, 9.17) is 23.7 Å². The summed E-state index contributed by atoms with van der Waals surface area (Å²) in [7, 11) is 0. The Labute approximate surface area is 348 Å². The van der Waals surface area contributed by atoms with Gasteiger partial charge in [0.15, 0.2) is 23.6 Å². The third kappa shape index (κ3) is 7.32. The quantitative estimate of drug-likeness (QED) is 0.145. The number of amides is 1. The Hall–Kier alpha value is -4.96. The predicted octanol–water partition coefficient (Wildman–Crippen LogP) is 3.47. The van der Waals surface area contributed by atoms with Gasteiger partial charge in [0, 0.05) is 38.0 Å². The van der Waals surface area contributed by atoms with E-state index in [1.807, 2.05) is 6.92 Å². The first-order valence-electron chi connectivity index (χ1n) is 20.3. The fourth-order valence-electron chi connectivity index (χ4n) is 9.85. The number of nitrogens with one attached hydrogen (secondary N) is 1. The van der Waals surface area contributed by atoms with Crippen molar-refractivity contribution in [2.45, 2.75) is 129 Å². The smallest absolute Gasteiger partial charge is 0.338 e. The lowest BCUT2D eigenvalue weighted by Crippen LogP contribution is -2.82. The van der Waals surface area contributed by atoms with E-state index in [1.54, 1.807) is 69.3 Å². The second kappa shape index (κ2) is 16.5. The number of Topliss-reactive ketones (excluding diaryl/α,β-unsaturated/α-hetero) is 1. The summed E-state index contributed by atoms with van der Waals surface area (Å²) < 4.78 is 30.2. The van der Waals surface area contributed by atoms with Gasteiger partial charge in [-0.2, -0.15) is 0 Å². The molecule has 4 N–H and O–H groups in total. The Bertz CT molecular complexity index is 2050. The lowest BCUT2D eigenvalue weighted by atomic mass is 9.44. The molecule has 2 bridgehead atoms. The van der Waals surface area contributed by atoms with Crippen LogP contribution in [0.5, 0.6) is 0 Å². The van der Waals surface area contributed by atoms with E-state index in [0.29, 0.717) is 12.0 Å². The number of fused-ring (bicyclic) bond motifs is 5. The van der Waals surface area contributed by atoms with Gasteiger partial charge in [-0.25, -0.2) is 9.59 Å². The van der Waals surface area contributed by atoms with Gasteiger partial charge in [-0.3, -0.25) is 19.2 Å². The Balaban J connectivity index is 1.55. The fraction of sp³-hybridized carbons (Fsp3) is 0.556. The van der Waals surface area contributed by atoms with Crippen molar-refractivity contribution in [1.29, 1.82) is 0 Å². The molecule has 0 radical (unpaired) electrons. The van der Waals surface area contributed by atoms with Crippen LogP contribution in [0, 0.1) is 22.7 Å². The lowest BCUT2D eigenvalue weighted by molar-refractivity contribution is -0.346. The zero-order valence-electron chi connectivity index (χ0n) is 35.1. The lowest BCUT2D eigenvalue weighted by Gasteiger charge is -2.67. The van der Waals surface area contributed by atoms with E-state index in [1.165, 1.54) is 26.0 Å². The van der Waals surface area contributed by atoms with E-state index >= 15 is 4.79 Å². The molecule has 1 amide bonds. The summed E-state index contributed by atoms with van der Waals surface area (Å²) in [6.45, 7) is 11.5. The first kappa shape index (κ1) is 44.6. The summed E-state index contributed by atoms with van der Waals surface area (Å²) in [6.07, 6.45) is -9.88. The largest absolute Gasteiger partial charge is 0.456 e. The minimum Gasteiger partial charge on any atom is -0.456 e. The minimum absolute atomic E-state index is 0.00887. The number of carbonyl (C=O) groups excluding carboxylic acids is 6. The molecule has 2 aromatic carbocycles. The molecule has 12 atom stereocenters. The Morgan fingerprint density at radius 1 is 0.933 bits per heavy atom. The predicted molar refractivity (Wildman–Crippen MR) is 211 cm³/mol. The molecular weight excluding hydrogens is 778 g/mol. The Morgan fingerprint density at radius 2 is 1.55 bits per heavy atom. The van der Waals surface area contributed by atoms with Crippen LogP contribution in [0.25, 0.3) is 0 Å². The zero-order chi connectivity index (χ0) is 44.1. The molecule has 324 valence electrons. The highest BCUT2D eigenvalue weighted by molar-refractivity contribution is 5.95. The highest BCUT2D eigenvalue weighted by atomic mass is 16.6. The normalized spacial score (nSPS) is 33.1. The molecule has 2 unspecified atom stereocenters. The van der Waals surface area contributed by atoms with Crippen LogP contribution in [-0.2, 0) is 47.7 Å². The van der Waals surface area contributed by atoms with Crippen molar-refractivity contribution < 1.29 is 67.8 Å². The van der Waals surface area contributed by atoms with Crippen LogP contribution >= 0.6 is 0 Å². The van der Waals surface area contributed by atoms with E-state index in [9.17, 15) is 39.3 Å². The number of ether oxygens (including phenoxy) is 5. The van der Waals surface area contributed by atoms with Crippen molar-refractivity contribution in [3.63, 3.8) is 0 Å². The first-order chi connectivity index (χ1) is 28.1. The zero-order valence-corrected chi connectivity index (χ0v) is 35.1. The van der Waals surface area contributed by atoms with Crippen LogP contribution in [0.1, 0.15) is 96.6 Å². The highest BCUT2D eigenvalue weighted by Gasteiger charge is 2.78. The second-order valence-electron chi connectivity index (χ2n) is 17.3. The number of rotatable bonds is 11. The molecule has 3 fully saturated rings. The standard InChI is InChI=1S/C45H55NO14/c1-9-23(2)39(52)46-33(27-16-12-10-13-17-27)34(50)41(54)58-29-21-45(55)38(59-40(53)28-18-14-11-15-19-28)36-43(8,30(49)20-31-44(36,22-56-31)60-26(5)48)37(51)35(57-25(4)47)32(24(29)3)42(45,6)7/h10-19,23,29-31,33-36,38,49-50,55H,9,20-22H2,1-8H3,(H,46,52)/t23?,29-,30-,31+,33?,34+,35+,36-,38-,43+,44-,45+/m0/s1. The third-order valence-electron chi connectivity index (χ3n) is 13.5. The molecule has 0 aromatic heterocycles. The number of aliphatic hydroxyl groups is 3. The van der Waals surface area contributed by atoms with Crippen LogP contribution in [0.2, 0.25) is 0 Å². The number of hydrogen-bond donors (Lipinski definition) is 4. The maximum absolute atomic E-state index is 15.4. The van der Waals surface area contributed by atoms with E-state index < -0.39 is 119 Å². The van der Waals surface area contributed by atoms with Crippen molar-refractivity contribution in [2.24, 2.45) is 22.7 Å². The fourth-order valence-corrected chi connectivity index (χ4v) is 9.85. The van der Waals surface area contributed by atoms with Gasteiger partial charge in [-0.15, -0.1) is 0 Å². The Morgan fingerprint density at radius 3 is 2.10 bits per heavy atom. The topological polar surface area (TPSA) is 221 Å². The summed E-state index contributed by atoms with van der Waals surface area (Å²) in [6, 6.07) is 14.9. The molecular formula is C45H55NO14. The van der Waals surface area contributed by atoms with E-state index in [-0.39, 0.29) is 29.7 Å². The molecule has 4 aliphatic rings. The van der Waals surface area contributed by atoms with Crippen LogP contribution in [0.15, 0.2) is 71.8 Å². The molecule has 1 saturated heterocycles. The molecule has 6 rings (SSSR count). The van der Waals surface area contributed by atoms with Gasteiger partial charge in [0.2, 0.25) is 5.91 Å². The molecule has 1 aliphatic heterocycles. The van der Waals surface area contributed by atoms with Gasteiger partial charge in [0.25, 0.3) is 0 Å². The SMILES string of the molecule is CCC(C)C(=O)NC(c1ccccc1)[C@@H](O)C(=O)O[C@H]1C[C@@]2(O)[C@@H](OC(=O)c3ccccc3)[C@@H]3[C@]4(OC(C)=O)CO[C@@H]4C[C@H](O)[C@@]3(C)C(=O)[C@H](OC(C)=O)C(=C1C)C2(C)C. The van der Waals surface area contributed by atoms with Crippen molar-refractivity contribution in [2.75, 3.05) is 6.61 Å². The van der Waals surface area contributed by atoms with Gasteiger partial charge >= 0.3 is 23.9 Å². The van der Waals surface area contributed by atoms with Gasteiger partial charge in [0.05, 0.1) is 35.6 Å². The summed E-state index contributed by atoms with van der Waals surface area (Å²) >= 11 is 0. The average Bonchev–Trinajstić information content (AvgIpc) is 3.20. The van der Waals surface area contributed by atoms with Crippen molar-refractivity contribution in [1.82, 2.24) is 5.32 Å². The van der Waals surface area contributed by atoms with Gasteiger partial charge < -0.3 is 44.3 Å². The maximum Gasteiger partial charge on any atom is 0.338 e. The van der Waals surface area contributed by atoms with Crippen LogP contribution in [0.3, 0.4) is 0 Å². The van der Waals surface area contributed by atoms with Gasteiger partial charge in [0.1, 0.15) is 23.9 Å². The summed E-state index contributed by atoms with van der Waals surface area (Å²) in [5, 5.41) is 40.1. The summed E-state index contributed by atoms with van der Waals surface area (Å²) in [5.74, 6) is -7.06. The molecule has 60 heavy (non-hydrogen) atoms. The van der Waals surface area contributed by atoms with Gasteiger partial charge in [-0.1, -0.05) is 76.2 Å². The number of benzene rings is 2. The summed E-state index contributed by atoms with van der Waals surface area (Å²) in [4.78, 5) is 83.0. The molecule has 15 nitrogen and oxygen atoms in total. The van der Waals surface area contributed by atoms with Crippen molar-refractivity contribution >= 4 is 35.6 Å². The Kier molecular flexibility index (Phi) is 12.2. The monoisotopic (exact) mass is 833 g/mol. The first-order valence-corrected chi connectivity index (χ1v) is 20.3. The van der Waals surface area contributed by atoms with Gasteiger partial charge in [-0.05, 0) is 49.1 Å². The highest BCUT2D eigenvalue weighted by Crippen LogP contribution is 2.64. The molecule has 15 heteroatoms. The van der Waals surface area contributed by atoms with Crippen molar-refractivity contribution in [3.05, 3.63) is 82.9 Å². The van der Waals surface area contributed by atoms with Crippen LogP contribution < -0.4 is 5.32 Å². The van der Waals surface area contributed by atoms with E-state index in [0.717, 1.165) is 13.8 Å². The number of ketones is 1. The molecule has 1 heterocycles. The van der Waals surface area contributed by atoms with Crippen molar-refractivity contribution in [3.8, 4) is 0 Å². The molecule has 3 aliphatic carbocycles. The average molecular weight is 834 g/mol. The van der Waals surface area contributed by atoms with E-state index in [2.05, 4.69) is 5.32 Å². The second-order valence-corrected chi connectivity index (χ2v) is 17.3. The third-order valence-corrected chi connectivity index (χ3v) is 13.5. The minimum atomic E-state index is -2.37. The number of hydrogen-bond acceptors (Lipinski definition) is 14. The molecule has 2 aromatic rings. The number of aliphatic hydroxyl groups excluding tert-OH is 2. The van der Waals surface area contributed by atoms with Crippen LogP contribution in [0.4, 0.5) is 0 Å². The molecule has 0 spiro atoms. The number of carbonyl (C=O) groups is 6. The molecule has 2 saturated carbocycles. The number of esters is 4.